The Labute approximate surface area is 128 Å². The summed E-state index contributed by atoms with van der Waals surface area (Å²) in [4.78, 5) is 11.2. The molecule has 1 aromatic carbocycles. The molecule has 0 fully saturated rings. The monoisotopic (exact) mass is 305 g/mol. The second kappa shape index (κ2) is 7.12. The zero-order chi connectivity index (χ0) is 15.2. The van der Waals surface area contributed by atoms with Crippen LogP contribution in [0.1, 0.15) is 11.4 Å². The van der Waals surface area contributed by atoms with Crippen molar-refractivity contribution in [2.24, 2.45) is 7.05 Å². The SMILES string of the molecule is CNC(=O)CSc1nnc(CNc2ccc(C)cc2)n1C. The lowest BCUT2D eigenvalue weighted by Gasteiger charge is -2.07. The number of hydrogen-bond acceptors (Lipinski definition) is 5. The lowest BCUT2D eigenvalue weighted by molar-refractivity contribution is -0.118. The zero-order valence-corrected chi connectivity index (χ0v) is 13.2. The van der Waals surface area contributed by atoms with E-state index in [1.807, 2.05) is 23.7 Å². The number of aromatic nitrogens is 3. The Morgan fingerprint density at radius 3 is 2.67 bits per heavy atom. The summed E-state index contributed by atoms with van der Waals surface area (Å²) in [6, 6.07) is 8.19. The number of carbonyl (C=O) groups is 1. The van der Waals surface area contributed by atoms with Crippen LogP contribution in [-0.4, -0.2) is 33.5 Å². The van der Waals surface area contributed by atoms with E-state index < -0.39 is 0 Å². The van der Waals surface area contributed by atoms with Gasteiger partial charge >= 0.3 is 0 Å². The van der Waals surface area contributed by atoms with E-state index >= 15 is 0 Å². The lowest BCUT2D eigenvalue weighted by Crippen LogP contribution is -2.20. The van der Waals surface area contributed by atoms with E-state index in [0.717, 1.165) is 16.7 Å². The van der Waals surface area contributed by atoms with Gasteiger partial charge in [0.15, 0.2) is 11.0 Å². The van der Waals surface area contributed by atoms with Gasteiger partial charge in [0.1, 0.15) is 0 Å². The van der Waals surface area contributed by atoms with Crippen LogP contribution >= 0.6 is 11.8 Å². The van der Waals surface area contributed by atoms with Gasteiger partial charge in [-0.3, -0.25) is 4.79 Å². The number of nitrogens with one attached hydrogen (secondary N) is 2. The van der Waals surface area contributed by atoms with Crippen LogP contribution in [0.15, 0.2) is 29.4 Å². The fourth-order valence-corrected chi connectivity index (χ4v) is 2.48. The minimum Gasteiger partial charge on any atom is -0.378 e. The van der Waals surface area contributed by atoms with Gasteiger partial charge in [0.25, 0.3) is 0 Å². The van der Waals surface area contributed by atoms with Crippen molar-refractivity contribution in [1.82, 2.24) is 20.1 Å². The Balaban J connectivity index is 1.93. The van der Waals surface area contributed by atoms with Gasteiger partial charge in [-0.2, -0.15) is 0 Å². The van der Waals surface area contributed by atoms with E-state index in [0.29, 0.717) is 12.3 Å². The summed E-state index contributed by atoms with van der Waals surface area (Å²) in [5, 5.41) is 14.9. The van der Waals surface area contributed by atoms with Crippen LogP contribution in [0.5, 0.6) is 0 Å². The molecule has 0 radical (unpaired) electrons. The Kier molecular flexibility index (Phi) is 5.21. The summed E-state index contributed by atoms with van der Waals surface area (Å²) < 4.78 is 1.90. The molecule has 0 atom stereocenters. The molecular formula is C14H19N5OS. The topological polar surface area (TPSA) is 71.8 Å². The number of rotatable bonds is 6. The first kappa shape index (κ1) is 15.4. The predicted molar refractivity (Wildman–Crippen MR) is 84.3 cm³/mol. The zero-order valence-electron chi connectivity index (χ0n) is 12.4. The maximum Gasteiger partial charge on any atom is 0.230 e. The summed E-state index contributed by atoms with van der Waals surface area (Å²) in [5.74, 6) is 1.14. The number of hydrogen-bond donors (Lipinski definition) is 2. The van der Waals surface area contributed by atoms with E-state index in [9.17, 15) is 4.79 Å². The third-order valence-corrected chi connectivity index (χ3v) is 4.06. The second-order valence-electron chi connectivity index (χ2n) is 4.64. The number of amides is 1. The van der Waals surface area contributed by atoms with Crippen LogP contribution in [0.2, 0.25) is 0 Å². The van der Waals surface area contributed by atoms with Crippen LogP contribution < -0.4 is 10.6 Å². The van der Waals surface area contributed by atoms with E-state index in [-0.39, 0.29) is 5.91 Å². The molecule has 2 aromatic rings. The van der Waals surface area contributed by atoms with Crippen molar-refractivity contribution < 1.29 is 4.79 Å². The molecule has 0 saturated heterocycles. The maximum absolute atomic E-state index is 11.2. The highest BCUT2D eigenvalue weighted by Gasteiger charge is 2.10. The van der Waals surface area contributed by atoms with Crippen LogP contribution in [0.25, 0.3) is 0 Å². The Bertz CT molecular complexity index is 608. The molecule has 0 saturated carbocycles. The number of carbonyl (C=O) groups excluding carboxylic acids is 1. The fourth-order valence-electron chi connectivity index (χ4n) is 1.68. The first-order valence-electron chi connectivity index (χ1n) is 6.62. The summed E-state index contributed by atoms with van der Waals surface area (Å²) in [5.41, 5.74) is 2.27. The van der Waals surface area contributed by atoms with Crippen molar-refractivity contribution in [3.63, 3.8) is 0 Å². The number of nitrogens with zero attached hydrogens (tertiary/aromatic N) is 3. The second-order valence-corrected chi connectivity index (χ2v) is 5.58. The Hall–Kier alpha value is -2.02. The molecule has 2 N–H and O–H groups in total. The molecule has 2 rings (SSSR count). The fraction of sp³-hybridized carbons (Fsp3) is 0.357. The highest BCUT2D eigenvalue weighted by Crippen LogP contribution is 2.16. The number of benzene rings is 1. The average Bonchev–Trinajstić information content (AvgIpc) is 2.85. The Morgan fingerprint density at radius 1 is 1.29 bits per heavy atom. The first-order valence-corrected chi connectivity index (χ1v) is 7.61. The molecule has 1 aromatic heterocycles. The van der Waals surface area contributed by atoms with Gasteiger partial charge in [0.2, 0.25) is 5.91 Å². The summed E-state index contributed by atoms with van der Waals surface area (Å²) in [6.45, 7) is 2.65. The van der Waals surface area contributed by atoms with Crippen molar-refractivity contribution in [3.8, 4) is 0 Å². The number of thioether (sulfide) groups is 1. The van der Waals surface area contributed by atoms with Gasteiger partial charge in [-0.1, -0.05) is 29.5 Å². The van der Waals surface area contributed by atoms with Crippen molar-refractivity contribution in [3.05, 3.63) is 35.7 Å². The molecule has 112 valence electrons. The van der Waals surface area contributed by atoms with Crippen molar-refractivity contribution in [2.45, 2.75) is 18.6 Å². The maximum atomic E-state index is 11.2. The van der Waals surface area contributed by atoms with Gasteiger partial charge < -0.3 is 15.2 Å². The predicted octanol–water partition coefficient (Wildman–Crippen LogP) is 1.57. The van der Waals surface area contributed by atoms with Crippen LogP contribution in [0, 0.1) is 6.92 Å². The highest BCUT2D eigenvalue weighted by atomic mass is 32.2. The summed E-state index contributed by atoms with van der Waals surface area (Å²) in [7, 11) is 3.52. The first-order chi connectivity index (χ1) is 10.1. The molecule has 0 aliphatic heterocycles. The van der Waals surface area contributed by atoms with Gasteiger partial charge in [0.05, 0.1) is 12.3 Å². The molecule has 7 heteroatoms. The average molecular weight is 305 g/mol. The molecule has 0 unspecified atom stereocenters. The minimum atomic E-state index is -0.0256. The smallest absolute Gasteiger partial charge is 0.230 e. The van der Waals surface area contributed by atoms with E-state index in [4.69, 9.17) is 0 Å². The molecule has 6 nitrogen and oxygen atoms in total. The van der Waals surface area contributed by atoms with Crippen LogP contribution in [0.3, 0.4) is 0 Å². The Morgan fingerprint density at radius 2 is 2.00 bits per heavy atom. The molecule has 1 heterocycles. The van der Waals surface area contributed by atoms with Crippen molar-refractivity contribution in [2.75, 3.05) is 18.1 Å². The lowest BCUT2D eigenvalue weighted by atomic mass is 10.2. The molecule has 0 bridgehead atoms. The third-order valence-electron chi connectivity index (χ3n) is 3.04. The molecule has 1 amide bonds. The van der Waals surface area contributed by atoms with E-state index in [1.165, 1.54) is 17.3 Å². The van der Waals surface area contributed by atoms with Crippen LogP contribution in [0.4, 0.5) is 5.69 Å². The molecule has 0 aliphatic carbocycles. The van der Waals surface area contributed by atoms with E-state index in [1.54, 1.807) is 7.05 Å². The van der Waals surface area contributed by atoms with Crippen molar-refractivity contribution >= 4 is 23.4 Å². The molecule has 0 aliphatic rings. The van der Waals surface area contributed by atoms with Crippen LogP contribution in [-0.2, 0) is 18.4 Å². The van der Waals surface area contributed by atoms with Gasteiger partial charge in [-0.15, -0.1) is 10.2 Å². The number of aryl methyl sites for hydroxylation is 1. The largest absolute Gasteiger partial charge is 0.378 e. The normalized spacial score (nSPS) is 10.4. The number of anilines is 1. The standard InChI is InChI=1S/C14H19N5OS/c1-10-4-6-11(7-5-10)16-8-12-17-18-14(19(12)3)21-9-13(20)15-2/h4-7,16H,8-9H2,1-3H3,(H,15,20). The summed E-state index contributed by atoms with van der Waals surface area (Å²) in [6.07, 6.45) is 0. The van der Waals surface area contributed by atoms with Gasteiger partial charge in [-0.25, -0.2) is 0 Å². The van der Waals surface area contributed by atoms with Crippen molar-refractivity contribution in [1.29, 1.82) is 0 Å². The van der Waals surface area contributed by atoms with Gasteiger partial charge in [-0.05, 0) is 19.1 Å². The molecule has 21 heavy (non-hydrogen) atoms. The summed E-state index contributed by atoms with van der Waals surface area (Å²) >= 11 is 1.37. The quantitative estimate of drug-likeness (QED) is 0.793. The molecule has 0 spiro atoms. The van der Waals surface area contributed by atoms with Gasteiger partial charge in [0, 0.05) is 19.8 Å². The van der Waals surface area contributed by atoms with E-state index in [2.05, 4.69) is 39.9 Å². The highest BCUT2D eigenvalue weighted by molar-refractivity contribution is 7.99. The molecular weight excluding hydrogens is 286 g/mol. The minimum absolute atomic E-state index is 0.0256. The third kappa shape index (κ3) is 4.22.